The molecular weight excluding hydrogens is 448 g/mol. The number of phenolic OH excluding ortho intramolecular Hbond substituents is 1. The maximum Gasteiger partial charge on any atom is 0.178 e. The van der Waals surface area contributed by atoms with Gasteiger partial charge in [-0.15, -0.1) is 5.10 Å². The average Bonchev–Trinajstić information content (AvgIpc) is 3.34. The molecule has 36 heavy (non-hydrogen) atoms. The van der Waals surface area contributed by atoms with Crippen molar-refractivity contribution in [3.63, 3.8) is 0 Å². The summed E-state index contributed by atoms with van der Waals surface area (Å²) in [7, 11) is 0. The van der Waals surface area contributed by atoms with Crippen molar-refractivity contribution in [1.29, 1.82) is 0 Å². The lowest BCUT2D eigenvalue weighted by Gasteiger charge is -2.38. The minimum atomic E-state index is -0.173. The summed E-state index contributed by atoms with van der Waals surface area (Å²) in [5.74, 6) is 1.00. The summed E-state index contributed by atoms with van der Waals surface area (Å²) in [6, 6.07) is 23.9. The third-order valence-corrected chi connectivity index (χ3v) is 6.82. The van der Waals surface area contributed by atoms with E-state index in [0.29, 0.717) is 0 Å². The topological polar surface area (TPSA) is 70.3 Å². The van der Waals surface area contributed by atoms with Crippen LogP contribution >= 0.6 is 0 Å². The zero-order valence-electron chi connectivity index (χ0n) is 20.8. The number of nitrogens with zero attached hydrogens (tertiary/aromatic N) is 6. The van der Waals surface area contributed by atoms with Gasteiger partial charge in [0.05, 0.1) is 11.7 Å². The number of piperazine rings is 1. The van der Waals surface area contributed by atoms with Crippen molar-refractivity contribution in [3.8, 4) is 11.4 Å². The van der Waals surface area contributed by atoms with E-state index in [4.69, 9.17) is 0 Å². The molecule has 0 saturated carbocycles. The van der Waals surface area contributed by atoms with Gasteiger partial charge in [0, 0.05) is 32.7 Å². The van der Waals surface area contributed by atoms with Crippen molar-refractivity contribution in [2.45, 2.75) is 19.9 Å². The third-order valence-electron chi connectivity index (χ3n) is 6.82. The molecule has 0 unspecified atom stereocenters. The molecule has 1 aliphatic heterocycles. The van der Waals surface area contributed by atoms with Crippen LogP contribution in [0.5, 0.6) is 5.75 Å². The van der Waals surface area contributed by atoms with E-state index in [1.807, 2.05) is 28.9 Å². The van der Waals surface area contributed by atoms with Gasteiger partial charge in [-0.05, 0) is 58.7 Å². The van der Waals surface area contributed by atoms with Gasteiger partial charge in [0.2, 0.25) is 0 Å². The fraction of sp³-hybridized carbons (Fsp3) is 0.276. The number of rotatable bonds is 7. The standard InChI is InChI=1S/C29H32N6O/c1-22-9-6-10-23(2)27(22)35-29(30-31-32-35)28(25-14-7-15-26(36)21-25)34-19-17-33(18-20-34)16-8-13-24-11-4-3-5-12-24/h3-15,21,28,36H,16-20H2,1-2H3/b13-8+/t28-/m0/s1. The monoisotopic (exact) mass is 480 g/mol. The van der Waals surface area contributed by atoms with Gasteiger partial charge < -0.3 is 5.11 Å². The second-order valence-electron chi connectivity index (χ2n) is 9.34. The van der Waals surface area contributed by atoms with Gasteiger partial charge >= 0.3 is 0 Å². The molecule has 0 bridgehead atoms. The molecule has 1 saturated heterocycles. The second kappa shape index (κ2) is 10.8. The molecule has 7 nitrogen and oxygen atoms in total. The largest absolute Gasteiger partial charge is 0.508 e. The summed E-state index contributed by atoms with van der Waals surface area (Å²) in [5, 5.41) is 23.3. The van der Waals surface area contributed by atoms with E-state index in [1.165, 1.54) is 5.56 Å². The predicted molar refractivity (Wildman–Crippen MR) is 142 cm³/mol. The molecule has 7 heteroatoms. The van der Waals surface area contributed by atoms with Crippen molar-refractivity contribution >= 4 is 6.08 Å². The fourth-order valence-electron chi connectivity index (χ4n) is 4.99. The molecule has 1 aromatic heterocycles. The molecule has 1 aliphatic rings. The highest BCUT2D eigenvalue weighted by Gasteiger charge is 2.31. The van der Waals surface area contributed by atoms with Crippen molar-refractivity contribution in [2.75, 3.05) is 32.7 Å². The Bertz CT molecular complexity index is 1300. The van der Waals surface area contributed by atoms with Crippen LogP contribution in [0.1, 0.15) is 34.1 Å². The molecule has 3 aromatic carbocycles. The summed E-state index contributed by atoms with van der Waals surface area (Å²) in [4.78, 5) is 4.88. The van der Waals surface area contributed by atoms with E-state index in [2.05, 4.69) is 93.8 Å². The van der Waals surface area contributed by atoms with Crippen molar-refractivity contribution in [1.82, 2.24) is 30.0 Å². The molecule has 1 fully saturated rings. The van der Waals surface area contributed by atoms with Crippen LogP contribution in [0.15, 0.2) is 78.9 Å². The van der Waals surface area contributed by atoms with Crippen LogP contribution in [-0.4, -0.2) is 67.8 Å². The van der Waals surface area contributed by atoms with Crippen molar-refractivity contribution < 1.29 is 5.11 Å². The lowest BCUT2D eigenvalue weighted by Crippen LogP contribution is -2.48. The highest BCUT2D eigenvalue weighted by atomic mass is 16.3. The van der Waals surface area contributed by atoms with E-state index >= 15 is 0 Å². The number of aromatic nitrogens is 4. The van der Waals surface area contributed by atoms with Crippen LogP contribution in [0.2, 0.25) is 0 Å². The van der Waals surface area contributed by atoms with E-state index in [1.54, 1.807) is 6.07 Å². The van der Waals surface area contributed by atoms with E-state index in [9.17, 15) is 5.11 Å². The Morgan fingerprint density at radius 1 is 0.889 bits per heavy atom. The molecule has 1 N–H and O–H groups in total. The first-order valence-corrected chi connectivity index (χ1v) is 12.4. The summed E-state index contributed by atoms with van der Waals surface area (Å²) in [6.45, 7) is 8.72. The highest BCUT2D eigenvalue weighted by molar-refractivity contribution is 5.49. The van der Waals surface area contributed by atoms with Crippen molar-refractivity contribution in [3.05, 3.63) is 107 Å². The first-order valence-electron chi connectivity index (χ1n) is 12.4. The fourth-order valence-corrected chi connectivity index (χ4v) is 4.99. The maximum atomic E-state index is 10.3. The van der Waals surface area contributed by atoms with Crippen LogP contribution in [-0.2, 0) is 0 Å². The first-order chi connectivity index (χ1) is 17.6. The van der Waals surface area contributed by atoms with Crippen LogP contribution in [0, 0.1) is 13.8 Å². The summed E-state index contributed by atoms with van der Waals surface area (Å²) < 4.78 is 1.87. The molecule has 0 amide bonds. The van der Waals surface area contributed by atoms with Crippen LogP contribution in [0.3, 0.4) is 0 Å². The van der Waals surface area contributed by atoms with Crippen LogP contribution in [0.25, 0.3) is 11.8 Å². The number of hydrogen-bond donors (Lipinski definition) is 1. The maximum absolute atomic E-state index is 10.3. The summed E-state index contributed by atoms with van der Waals surface area (Å²) in [5.41, 5.74) is 5.45. The van der Waals surface area contributed by atoms with Gasteiger partial charge in [0.15, 0.2) is 5.82 Å². The normalized spacial score (nSPS) is 15.9. The van der Waals surface area contributed by atoms with E-state index in [0.717, 1.165) is 60.9 Å². The van der Waals surface area contributed by atoms with Crippen LogP contribution in [0.4, 0.5) is 0 Å². The number of aryl methyl sites for hydroxylation is 2. The lowest BCUT2D eigenvalue weighted by molar-refractivity contribution is 0.113. The van der Waals surface area contributed by atoms with E-state index in [-0.39, 0.29) is 11.8 Å². The predicted octanol–water partition coefficient (Wildman–Crippen LogP) is 4.41. The second-order valence-corrected chi connectivity index (χ2v) is 9.34. The van der Waals surface area contributed by atoms with E-state index < -0.39 is 0 Å². The first kappa shape index (κ1) is 23.9. The van der Waals surface area contributed by atoms with Gasteiger partial charge in [0.25, 0.3) is 0 Å². The van der Waals surface area contributed by atoms with Crippen molar-refractivity contribution in [2.24, 2.45) is 0 Å². The smallest absolute Gasteiger partial charge is 0.178 e. The molecule has 4 aromatic rings. The molecule has 2 heterocycles. The average molecular weight is 481 g/mol. The number of phenols is 1. The molecule has 0 aliphatic carbocycles. The van der Waals surface area contributed by atoms with Gasteiger partial charge in [-0.25, -0.2) is 0 Å². The highest BCUT2D eigenvalue weighted by Crippen LogP contribution is 2.32. The van der Waals surface area contributed by atoms with Gasteiger partial charge in [0.1, 0.15) is 5.75 Å². The molecular formula is C29H32N6O. The Kier molecular flexibility index (Phi) is 7.21. The zero-order valence-corrected chi connectivity index (χ0v) is 20.8. The SMILES string of the molecule is Cc1cccc(C)c1-n1nnnc1[C@H](c1cccc(O)c1)N1CCN(C/C=C/c2ccccc2)CC1. The molecule has 5 rings (SSSR count). The summed E-state index contributed by atoms with van der Waals surface area (Å²) in [6.07, 6.45) is 4.42. The number of para-hydroxylation sites is 1. The number of benzene rings is 3. The zero-order chi connectivity index (χ0) is 24.9. The van der Waals surface area contributed by atoms with Gasteiger partial charge in [-0.1, -0.05) is 72.8 Å². The number of aromatic hydroxyl groups is 1. The molecule has 1 atom stereocenters. The molecule has 0 spiro atoms. The molecule has 0 radical (unpaired) electrons. The third kappa shape index (κ3) is 5.22. The number of hydrogen-bond acceptors (Lipinski definition) is 6. The Hall–Kier alpha value is -3.81. The minimum absolute atomic E-state index is 0.173. The minimum Gasteiger partial charge on any atom is -0.508 e. The lowest BCUT2D eigenvalue weighted by atomic mass is 10.0. The van der Waals surface area contributed by atoms with Gasteiger partial charge in [-0.2, -0.15) is 4.68 Å². The Balaban J connectivity index is 1.39. The number of tetrazole rings is 1. The Morgan fingerprint density at radius 3 is 2.33 bits per heavy atom. The Labute approximate surface area is 212 Å². The van der Waals surface area contributed by atoms with Gasteiger partial charge in [-0.3, -0.25) is 9.80 Å². The van der Waals surface area contributed by atoms with Crippen LogP contribution < -0.4 is 0 Å². The Morgan fingerprint density at radius 2 is 1.61 bits per heavy atom. The quantitative estimate of drug-likeness (QED) is 0.423. The molecule has 184 valence electrons. The summed E-state index contributed by atoms with van der Waals surface area (Å²) >= 11 is 0.